The number of carbonyl (C=O) groups excluding carboxylic acids is 1. The molecule has 0 radical (unpaired) electrons. The Morgan fingerprint density at radius 3 is 2.33 bits per heavy atom. The molecule has 12 heavy (non-hydrogen) atoms. The monoisotopic (exact) mass is 175 g/mol. The SMILES string of the molecule is COCC(NC(=O)OC)C(C)C. The number of carbonyl (C=O) groups is 1. The summed E-state index contributed by atoms with van der Waals surface area (Å²) in [5.74, 6) is 0.337. The maximum atomic E-state index is 10.8. The summed E-state index contributed by atoms with van der Waals surface area (Å²) in [4.78, 5) is 10.8. The fourth-order valence-electron chi connectivity index (χ4n) is 0.791. The van der Waals surface area contributed by atoms with Gasteiger partial charge in [-0.3, -0.25) is 0 Å². The normalized spacial score (nSPS) is 12.8. The molecule has 1 N–H and O–H groups in total. The Hall–Kier alpha value is -0.770. The molecule has 0 aliphatic rings. The summed E-state index contributed by atoms with van der Waals surface area (Å²) in [5, 5.41) is 2.68. The Bertz CT molecular complexity index is 136. The second-order valence-electron chi connectivity index (χ2n) is 2.94. The van der Waals surface area contributed by atoms with Crippen molar-refractivity contribution in [2.75, 3.05) is 20.8 Å². The van der Waals surface area contributed by atoms with Crippen LogP contribution in [-0.4, -0.2) is 33.0 Å². The first-order valence-electron chi connectivity index (χ1n) is 3.95. The molecule has 72 valence electrons. The minimum Gasteiger partial charge on any atom is -0.453 e. The lowest BCUT2D eigenvalue weighted by Gasteiger charge is -2.20. The van der Waals surface area contributed by atoms with Crippen LogP contribution in [0.3, 0.4) is 0 Å². The van der Waals surface area contributed by atoms with Crippen molar-refractivity contribution in [3.63, 3.8) is 0 Å². The van der Waals surface area contributed by atoms with E-state index in [1.165, 1.54) is 7.11 Å². The van der Waals surface area contributed by atoms with Gasteiger partial charge in [-0.2, -0.15) is 0 Å². The topological polar surface area (TPSA) is 47.6 Å². The summed E-state index contributed by atoms with van der Waals surface area (Å²) in [6.45, 7) is 4.53. The number of nitrogens with one attached hydrogen (secondary N) is 1. The van der Waals surface area contributed by atoms with E-state index in [2.05, 4.69) is 10.1 Å². The summed E-state index contributed by atoms with van der Waals surface area (Å²) in [7, 11) is 2.95. The van der Waals surface area contributed by atoms with Crippen LogP contribution in [0.5, 0.6) is 0 Å². The zero-order valence-electron chi connectivity index (χ0n) is 8.09. The average Bonchev–Trinajstić information content (AvgIpc) is 2.03. The first-order chi connectivity index (χ1) is 5.61. The average molecular weight is 175 g/mol. The second kappa shape index (κ2) is 5.83. The highest BCUT2D eigenvalue weighted by atomic mass is 16.5. The van der Waals surface area contributed by atoms with Crippen LogP contribution < -0.4 is 5.32 Å². The number of hydrogen-bond donors (Lipinski definition) is 1. The number of alkyl carbamates (subject to hydrolysis) is 1. The molecule has 0 spiro atoms. The lowest BCUT2D eigenvalue weighted by molar-refractivity contribution is 0.127. The Kier molecular flexibility index (Phi) is 5.45. The fourth-order valence-corrected chi connectivity index (χ4v) is 0.791. The van der Waals surface area contributed by atoms with Crippen LogP contribution in [-0.2, 0) is 9.47 Å². The quantitative estimate of drug-likeness (QED) is 0.693. The summed E-state index contributed by atoms with van der Waals surface area (Å²) >= 11 is 0. The Labute approximate surface area is 73.2 Å². The van der Waals surface area contributed by atoms with Crippen LogP contribution in [0.2, 0.25) is 0 Å². The van der Waals surface area contributed by atoms with Gasteiger partial charge in [0.05, 0.1) is 19.8 Å². The highest BCUT2D eigenvalue weighted by Gasteiger charge is 2.15. The van der Waals surface area contributed by atoms with Gasteiger partial charge in [0.1, 0.15) is 0 Å². The summed E-state index contributed by atoms with van der Waals surface area (Å²) in [6, 6.07) is 0.0162. The number of rotatable bonds is 4. The number of amides is 1. The van der Waals surface area contributed by atoms with Gasteiger partial charge in [-0.05, 0) is 5.92 Å². The van der Waals surface area contributed by atoms with E-state index >= 15 is 0 Å². The summed E-state index contributed by atoms with van der Waals surface area (Å²) in [5.41, 5.74) is 0. The van der Waals surface area contributed by atoms with Gasteiger partial charge in [0.25, 0.3) is 0 Å². The molecular formula is C8H17NO3. The van der Waals surface area contributed by atoms with E-state index in [0.29, 0.717) is 12.5 Å². The minimum absolute atomic E-state index is 0.0162. The van der Waals surface area contributed by atoms with E-state index in [1.807, 2.05) is 13.8 Å². The lowest BCUT2D eigenvalue weighted by Crippen LogP contribution is -2.41. The standard InChI is InChI=1S/C8H17NO3/c1-6(2)7(5-11-3)9-8(10)12-4/h6-7H,5H2,1-4H3,(H,9,10). The molecule has 0 aromatic carbocycles. The number of methoxy groups -OCH3 is 2. The molecular weight excluding hydrogens is 158 g/mol. The maximum Gasteiger partial charge on any atom is 0.407 e. The molecule has 0 rings (SSSR count). The largest absolute Gasteiger partial charge is 0.453 e. The van der Waals surface area contributed by atoms with Gasteiger partial charge in [-0.1, -0.05) is 13.8 Å². The van der Waals surface area contributed by atoms with E-state index in [0.717, 1.165) is 0 Å². The maximum absolute atomic E-state index is 10.8. The van der Waals surface area contributed by atoms with Crippen LogP contribution in [0.4, 0.5) is 4.79 Å². The lowest BCUT2D eigenvalue weighted by atomic mass is 10.1. The minimum atomic E-state index is -0.411. The number of hydrogen-bond acceptors (Lipinski definition) is 3. The zero-order chi connectivity index (χ0) is 9.56. The first kappa shape index (κ1) is 11.2. The summed E-state index contributed by atoms with van der Waals surface area (Å²) in [6.07, 6.45) is -0.411. The molecule has 1 unspecified atom stereocenters. The van der Waals surface area contributed by atoms with Gasteiger partial charge in [0, 0.05) is 7.11 Å². The van der Waals surface area contributed by atoms with E-state index in [-0.39, 0.29) is 6.04 Å². The molecule has 0 fully saturated rings. The summed E-state index contributed by atoms with van der Waals surface area (Å²) < 4.78 is 9.41. The first-order valence-corrected chi connectivity index (χ1v) is 3.95. The molecule has 0 aliphatic carbocycles. The van der Waals surface area contributed by atoms with Gasteiger partial charge in [0.15, 0.2) is 0 Å². The van der Waals surface area contributed by atoms with Crippen LogP contribution in [0.1, 0.15) is 13.8 Å². The molecule has 0 saturated carbocycles. The van der Waals surface area contributed by atoms with Crippen molar-refractivity contribution in [1.29, 1.82) is 0 Å². The molecule has 0 bridgehead atoms. The van der Waals surface area contributed by atoms with Crippen LogP contribution >= 0.6 is 0 Å². The third kappa shape index (κ3) is 4.18. The second-order valence-corrected chi connectivity index (χ2v) is 2.94. The van der Waals surface area contributed by atoms with Crippen molar-refractivity contribution >= 4 is 6.09 Å². The molecule has 0 aromatic heterocycles. The van der Waals surface area contributed by atoms with E-state index in [4.69, 9.17) is 4.74 Å². The third-order valence-electron chi connectivity index (χ3n) is 1.64. The van der Waals surface area contributed by atoms with Gasteiger partial charge in [-0.15, -0.1) is 0 Å². The van der Waals surface area contributed by atoms with Gasteiger partial charge in [0.2, 0.25) is 0 Å². The highest BCUT2D eigenvalue weighted by Crippen LogP contribution is 2.01. The van der Waals surface area contributed by atoms with E-state index in [9.17, 15) is 4.79 Å². The molecule has 4 heteroatoms. The Morgan fingerprint density at radius 2 is 2.00 bits per heavy atom. The van der Waals surface area contributed by atoms with Crippen LogP contribution in [0.25, 0.3) is 0 Å². The number of ether oxygens (including phenoxy) is 2. The predicted molar refractivity (Wildman–Crippen MR) is 46.0 cm³/mol. The molecule has 0 aliphatic heterocycles. The van der Waals surface area contributed by atoms with Crippen LogP contribution in [0.15, 0.2) is 0 Å². The molecule has 0 aromatic rings. The van der Waals surface area contributed by atoms with E-state index in [1.54, 1.807) is 7.11 Å². The Balaban J connectivity index is 3.86. The van der Waals surface area contributed by atoms with Crippen molar-refractivity contribution < 1.29 is 14.3 Å². The Morgan fingerprint density at radius 1 is 1.42 bits per heavy atom. The molecule has 4 nitrogen and oxygen atoms in total. The van der Waals surface area contributed by atoms with Crippen molar-refractivity contribution in [2.45, 2.75) is 19.9 Å². The molecule has 0 saturated heterocycles. The van der Waals surface area contributed by atoms with Crippen LogP contribution in [0, 0.1) is 5.92 Å². The van der Waals surface area contributed by atoms with Crippen molar-refractivity contribution in [3.8, 4) is 0 Å². The van der Waals surface area contributed by atoms with Gasteiger partial charge in [-0.25, -0.2) is 4.79 Å². The van der Waals surface area contributed by atoms with Gasteiger partial charge >= 0.3 is 6.09 Å². The van der Waals surface area contributed by atoms with Crippen molar-refractivity contribution in [3.05, 3.63) is 0 Å². The van der Waals surface area contributed by atoms with E-state index < -0.39 is 6.09 Å². The smallest absolute Gasteiger partial charge is 0.407 e. The third-order valence-corrected chi connectivity index (χ3v) is 1.64. The fraction of sp³-hybridized carbons (Fsp3) is 0.875. The molecule has 1 atom stereocenters. The highest BCUT2D eigenvalue weighted by molar-refractivity contribution is 5.67. The molecule has 0 heterocycles. The molecule has 1 amide bonds. The van der Waals surface area contributed by atoms with Crippen molar-refractivity contribution in [1.82, 2.24) is 5.32 Å². The van der Waals surface area contributed by atoms with Gasteiger partial charge < -0.3 is 14.8 Å². The zero-order valence-corrected chi connectivity index (χ0v) is 8.09. The predicted octanol–water partition coefficient (Wildman–Crippen LogP) is 1.01. The van der Waals surface area contributed by atoms with Crippen molar-refractivity contribution in [2.24, 2.45) is 5.92 Å².